The molecule has 1 saturated heterocycles. The molecule has 0 aromatic heterocycles. The number of carbonyl (C=O) groups excluding carboxylic acids is 4. The van der Waals surface area contributed by atoms with Gasteiger partial charge < -0.3 is 33.6 Å². The molecule has 1 aliphatic rings. The predicted molar refractivity (Wildman–Crippen MR) is 163 cm³/mol. The Morgan fingerprint density at radius 2 is 1.15 bits per heavy atom. The Morgan fingerprint density at radius 1 is 0.707 bits per heavy atom. The van der Waals surface area contributed by atoms with Gasteiger partial charge in [-0.05, 0) is 39.1 Å². The van der Waals surface area contributed by atoms with E-state index in [2.05, 4.69) is 21.7 Å². The minimum absolute atomic E-state index is 0.0208. The fourth-order valence-corrected chi connectivity index (χ4v) is 5.36. The first-order valence-corrected chi connectivity index (χ1v) is 17.2. The number of hydrogen-bond donors (Lipinski definition) is 0. The van der Waals surface area contributed by atoms with Crippen LogP contribution in [-0.2, 0) is 38.1 Å². The normalized spacial score (nSPS) is 15.8. The van der Waals surface area contributed by atoms with Gasteiger partial charge in [-0.1, -0.05) is 13.8 Å². The van der Waals surface area contributed by atoms with E-state index in [9.17, 15) is 19.2 Å². The van der Waals surface area contributed by atoms with E-state index in [1.165, 1.54) is 0 Å². The molecule has 238 valence electrons. The van der Waals surface area contributed by atoms with Gasteiger partial charge in [0.15, 0.2) is 0 Å². The Kier molecular flexibility index (Phi) is 21.0. The molecule has 0 aliphatic carbocycles. The van der Waals surface area contributed by atoms with Crippen LogP contribution in [0.15, 0.2) is 0 Å². The Bertz CT molecular complexity index is 721. The third kappa shape index (κ3) is 18.6. The van der Waals surface area contributed by atoms with Gasteiger partial charge in [0, 0.05) is 50.8 Å². The third-order valence-corrected chi connectivity index (χ3v) is 8.30. The van der Waals surface area contributed by atoms with Gasteiger partial charge in [0.25, 0.3) is 0 Å². The van der Waals surface area contributed by atoms with E-state index >= 15 is 0 Å². The number of thioether (sulfide) groups is 2. The summed E-state index contributed by atoms with van der Waals surface area (Å²) in [4.78, 5) is 55.2. The van der Waals surface area contributed by atoms with E-state index in [1.54, 1.807) is 23.5 Å². The summed E-state index contributed by atoms with van der Waals surface area (Å²) in [5, 5.41) is 0. The second kappa shape index (κ2) is 23.0. The van der Waals surface area contributed by atoms with Gasteiger partial charge >= 0.3 is 23.9 Å². The van der Waals surface area contributed by atoms with E-state index < -0.39 is 0 Å². The summed E-state index contributed by atoms with van der Waals surface area (Å²) < 4.78 is 20.8. The minimum Gasteiger partial charge on any atom is -0.462 e. The van der Waals surface area contributed by atoms with Crippen molar-refractivity contribution < 1.29 is 38.1 Å². The number of carbonyl (C=O) groups is 4. The van der Waals surface area contributed by atoms with E-state index in [-0.39, 0.29) is 75.0 Å². The number of ether oxygens (including phenoxy) is 4. The molecule has 0 saturated carbocycles. The van der Waals surface area contributed by atoms with Gasteiger partial charge in [0.2, 0.25) is 0 Å². The average molecular weight is 622 g/mol. The van der Waals surface area contributed by atoms with Crippen LogP contribution in [0.5, 0.6) is 0 Å². The highest BCUT2D eigenvalue weighted by molar-refractivity contribution is 7.98. The van der Waals surface area contributed by atoms with Crippen LogP contribution in [0, 0.1) is 11.8 Å². The summed E-state index contributed by atoms with van der Waals surface area (Å²) >= 11 is 3.15. The summed E-state index contributed by atoms with van der Waals surface area (Å²) in [6, 6.07) is 0. The average Bonchev–Trinajstić information content (AvgIpc) is 2.95. The molecule has 1 heterocycles. The van der Waals surface area contributed by atoms with Gasteiger partial charge in [0.05, 0.1) is 24.7 Å². The highest BCUT2D eigenvalue weighted by Gasteiger charge is 2.17. The van der Waals surface area contributed by atoms with E-state index in [1.807, 2.05) is 26.4 Å². The lowest BCUT2D eigenvalue weighted by molar-refractivity contribution is -0.154. The van der Waals surface area contributed by atoms with Crippen molar-refractivity contribution in [2.24, 2.45) is 11.8 Å². The van der Waals surface area contributed by atoms with Crippen molar-refractivity contribution in [3.05, 3.63) is 0 Å². The summed E-state index contributed by atoms with van der Waals surface area (Å²) in [6.07, 6.45) is 5.12. The lowest BCUT2D eigenvalue weighted by Crippen LogP contribution is -2.45. The minimum atomic E-state index is -0.373. The van der Waals surface area contributed by atoms with Gasteiger partial charge in [-0.25, -0.2) is 0 Å². The fourth-order valence-electron chi connectivity index (χ4n) is 4.08. The van der Waals surface area contributed by atoms with Crippen molar-refractivity contribution >= 4 is 47.4 Å². The topological polar surface area (TPSA) is 115 Å². The molecule has 0 spiro atoms. The summed E-state index contributed by atoms with van der Waals surface area (Å²) in [5.74, 6) is -0.367. The largest absolute Gasteiger partial charge is 0.462 e. The first-order chi connectivity index (χ1) is 19.7. The molecule has 41 heavy (non-hydrogen) atoms. The predicted octanol–water partition coefficient (Wildman–Crippen LogP) is 1.88. The van der Waals surface area contributed by atoms with Crippen LogP contribution < -0.4 is 0 Å². The molecular weight excluding hydrogens is 570 g/mol. The molecule has 1 aliphatic heterocycles. The zero-order valence-electron chi connectivity index (χ0n) is 25.6. The number of piperazine rings is 1. The summed E-state index contributed by atoms with van der Waals surface area (Å²) in [6.45, 7) is 10.5. The maximum Gasteiger partial charge on any atom is 0.309 e. The molecule has 0 aromatic rings. The zero-order valence-corrected chi connectivity index (χ0v) is 27.2. The van der Waals surface area contributed by atoms with Crippen molar-refractivity contribution in [2.45, 2.75) is 33.1 Å². The Balaban J connectivity index is 2.40. The Labute approximate surface area is 254 Å². The highest BCUT2D eigenvalue weighted by Crippen LogP contribution is 2.08. The maximum atomic E-state index is 12.3. The molecule has 1 rings (SSSR count). The number of hydrogen-bond acceptors (Lipinski definition) is 13. The van der Waals surface area contributed by atoms with Gasteiger partial charge in [-0.2, -0.15) is 23.5 Å². The first kappa shape index (κ1) is 37.5. The van der Waals surface area contributed by atoms with Crippen molar-refractivity contribution in [3.8, 4) is 0 Å². The van der Waals surface area contributed by atoms with Crippen LogP contribution >= 0.6 is 23.5 Å². The van der Waals surface area contributed by atoms with Crippen LogP contribution in [-0.4, -0.2) is 148 Å². The number of rotatable bonds is 22. The van der Waals surface area contributed by atoms with Crippen LogP contribution in [0.1, 0.15) is 33.1 Å². The van der Waals surface area contributed by atoms with Crippen molar-refractivity contribution in [1.82, 2.24) is 14.7 Å². The Morgan fingerprint density at radius 3 is 1.59 bits per heavy atom. The molecule has 13 heteroatoms. The molecule has 11 nitrogen and oxygen atoms in total. The van der Waals surface area contributed by atoms with E-state index in [4.69, 9.17) is 18.9 Å². The molecular formula is C28H51N3O8S2. The Hall–Kier alpha value is -1.54. The van der Waals surface area contributed by atoms with Crippen LogP contribution in [0.3, 0.4) is 0 Å². The third-order valence-electron chi connectivity index (χ3n) is 6.63. The first-order valence-electron chi connectivity index (χ1n) is 14.4. The molecule has 0 aromatic carbocycles. The SMILES string of the molecule is CSCC(C)C(=O)OCCOC(=O)CCN(CCCN1CCN(C)CC1)CCC(=O)OCCOC(=O)C(C)CSC. The van der Waals surface area contributed by atoms with Gasteiger partial charge in [-0.3, -0.25) is 19.2 Å². The monoisotopic (exact) mass is 621 g/mol. The molecule has 0 N–H and O–H groups in total. The lowest BCUT2D eigenvalue weighted by atomic mass is 10.2. The summed E-state index contributed by atoms with van der Waals surface area (Å²) in [5.41, 5.74) is 0. The second-order valence-corrected chi connectivity index (χ2v) is 12.2. The molecule has 2 unspecified atom stereocenters. The van der Waals surface area contributed by atoms with Gasteiger partial charge in [-0.15, -0.1) is 0 Å². The van der Waals surface area contributed by atoms with Crippen LogP contribution in [0.25, 0.3) is 0 Å². The van der Waals surface area contributed by atoms with Gasteiger partial charge in [0.1, 0.15) is 26.4 Å². The fraction of sp³-hybridized carbons (Fsp3) is 0.857. The van der Waals surface area contributed by atoms with Crippen LogP contribution in [0.2, 0.25) is 0 Å². The number of nitrogens with zero attached hydrogens (tertiary/aromatic N) is 3. The van der Waals surface area contributed by atoms with Crippen LogP contribution in [0.4, 0.5) is 0 Å². The standard InChI is InChI=1S/C28H51N3O8S2/c1-23(21-40-4)27(34)38-19-17-36-25(32)7-11-30(9-6-10-31-15-13-29(3)14-16-31)12-8-26(33)37-18-20-39-28(35)24(2)22-41-5/h23-24H,6-22H2,1-5H3. The van der Waals surface area contributed by atoms with Crippen molar-refractivity contribution in [3.63, 3.8) is 0 Å². The quantitative estimate of drug-likeness (QED) is 0.0996. The van der Waals surface area contributed by atoms with E-state index in [0.29, 0.717) is 24.6 Å². The number of likely N-dealkylation sites (N-methyl/N-ethyl adjacent to an activating group) is 1. The van der Waals surface area contributed by atoms with Crippen molar-refractivity contribution in [1.29, 1.82) is 0 Å². The highest BCUT2D eigenvalue weighted by atomic mass is 32.2. The molecule has 0 radical (unpaired) electrons. The van der Waals surface area contributed by atoms with Crippen molar-refractivity contribution in [2.75, 3.05) is 110 Å². The zero-order chi connectivity index (χ0) is 30.5. The molecule has 2 atom stereocenters. The molecule has 0 bridgehead atoms. The second-order valence-electron chi connectivity index (χ2n) is 10.3. The summed E-state index contributed by atoms with van der Waals surface area (Å²) in [7, 11) is 2.13. The smallest absolute Gasteiger partial charge is 0.309 e. The number of esters is 4. The maximum absolute atomic E-state index is 12.3. The van der Waals surface area contributed by atoms with E-state index in [0.717, 1.165) is 45.7 Å². The lowest BCUT2D eigenvalue weighted by Gasteiger charge is -2.33. The molecule has 0 amide bonds. The molecule has 1 fully saturated rings.